The number of nitrogens with zero attached hydrogens (tertiary/aromatic N) is 1. The van der Waals surface area contributed by atoms with Crippen molar-refractivity contribution < 1.29 is 14.7 Å². The highest BCUT2D eigenvalue weighted by Gasteiger charge is 2.18. The second-order valence-corrected chi connectivity index (χ2v) is 5.18. The molecule has 1 aliphatic carbocycles. The van der Waals surface area contributed by atoms with Crippen molar-refractivity contribution >= 4 is 5.71 Å². The van der Waals surface area contributed by atoms with Crippen LogP contribution in [0.1, 0.15) is 31.4 Å². The van der Waals surface area contributed by atoms with Gasteiger partial charge in [0.25, 0.3) is 0 Å². The topological polar surface area (TPSA) is 51.0 Å². The molecule has 0 amide bonds. The lowest BCUT2D eigenvalue weighted by Gasteiger charge is -2.09. The summed E-state index contributed by atoms with van der Waals surface area (Å²) >= 11 is 0. The van der Waals surface area contributed by atoms with Gasteiger partial charge in [-0.1, -0.05) is 19.0 Å². The lowest BCUT2D eigenvalue weighted by molar-refractivity contribution is 0.0819. The smallest absolute Gasteiger partial charge is 0.119 e. The molecule has 0 radical (unpaired) electrons. The number of benzene rings is 1. The molecule has 1 aliphatic rings. The molecule has 0 fully saturated rings. The average Bonchev–Trinajstić information content (AvgIpc) is 2.80. The molecule has 1 N–H and O–H groups in total. The van der Waals surface area contributed by atoms with E-state index in [1.165, 1.54) is 5.56 Å². The summed E-state index contributed by atoms with van der Waals surface area (Å²) in [7, 11) is 0. The van der Waals surface area contributed by atoms with Gasteiger partial charge in [-0.2, -0.15) is 0 Å². The van der Waals surface area contributed by atoms with Gasteiger partial charge in [-0.05, 0) is 42.5 Å². The number of oxime groups is 1. The fourth-order valence-electron chi connectivity index (χ4n) is 2.18. The molecule has 0 bridgehead atoms. The maximum Gasteiger partial charge on any atom is 0.119 e. The van der Waals surface area contributed by atoms with Crippen molar-refractivity contribution in [2.75, 3.05) is 19.8 Å². The Morgan fingerprint density at radius 3 is 2.84 bits per heavy atom. The highest BCUT2D eigenvalue weighted by molar-refractivity contribution is 6.04. The predicted molar refractivity (Wildman–Crippen MR) is 74.2 cm³/mol. The molecule has 0 heterocycles. The highest BCUT2D eigenvalue weighted by atomic mass is 16.5. The summed E-state index contributed by atoms with van der Waals surface area (Å²) < 4.78 is 11.1. The quantitative estimate of drug-likeness (QED) is 0.488. The molecule has 0 spiro atoms. The first-order chi connectivity index (χ1) is 9.20. The zero-order valence-corrected chi connectivity index (χ0v) is 11.6. The molecule has 2 rings (SSSR count). The van der Waals surface area contributed by atoms with Crippen molar-refractivity contribution in [3.05, 3.63) is 29.3 Å². The summed E-state index contributed by atoms with van der Waals surface area (Å²) in [6, 6.07) is 5.90. The number of hydrogen-bond acceptors (Lipinski definition) is 4. The first-order valence-electron chi connectivity index (χ1n) is 6.75. The maximum atomic E-state index is 8.87. The summed E-state index contributed by atoms with van der Waals surface area (Å²) in [6.07, 6.45) is 1.71. The first-order valence-corrected chi connectivity index (χ1v) is 6.75. The largest absolute Gasteiger partial charge is 0.491 e. The molecule has 1 aromatic rings. The Balaban J connectivity index is 1.83. The van der Waals surface area contributed by atoms with Crippen LogP contribution in [0.3, 0.4) is 0 Å². The van der Waals surface area contributed by atoms with E-state index in [1.54, 1.807) is 0 Å². The second kappa shape index (κ2) is 6.57. The van der Waals surface area contributed by atoms with Crippen molar-refractivity contribution in [2.45, 2.75) is 26.7 Å². The third-order valence-electron chi connectivity index (χ3n) is 3.09. The molecule has 1 aromatic carbocycles. The fraction of sp³-hybridized carbons (Fsp3) is 0.533. The maximum absolute atomic E-state index is 8.87. The molecule has 0 atom stereocenters. The molecular weight excluding hydrogens is 242 g/mol. The zero-order chi connectivity index (χ0) is 13.7. The SMILES string of the molecule is CC(C)COCCOc1ccc2c(c1)CC/C2=N\O. The Kier molecular flexibility index (Phi) is 4.80. The summed E-state index contributed by atoms with van der Waals surface area (Å²) in [5.74, 6) is 1.40. The van der Waals surface area contributed by atoms with E-state index in [9.17, 15) is 0 Å². The van der Waals surface area contributed by atoms with Gasteiger partial charge in [-0.15, -0.1) is 0 Å². The lowest BCUT2D eigenvalue weighted by Crippen LogP contribution is -2.10. The van der Waals surface area contributed by atoms with Crippen LogP contribution in [0.2, 0.25) is 0 Å². The number of ether oxygens (including phenoxy) is 2. The molecule has 0 aromatic heterocycles. The summed E-state index contributed by atoms with van der Waals surface area (Å²) in [6.45, 7) is 6.19. The Morgan fingerprint density at radius 2 is 2.11 bits per heavy atom. The van der Waals surface area contributed by atoms with E-state index in [-0.39, 0.29) is 0 Å². The van der Waals surface area contributed by atoms with Crippen molar-refractivity contribution in [2.24, 2.45) is 11.1 Å². The predicted octanol–water partition coefficient (Wildman–Crippen LogP) is 2.86. The van der Waals surface area contributed by atoms with Crippen LogP contribution in [0, 0.1) is 5.92 Å². The van der Waals surface area contributed by atoms with E-state index in [4.69, 9.17) is 14.7 Å². The van der Waals surface area contributed by atoms with Crippen molar-refractivity contribution in [1.29, 1.82) is 0 Å². The minimum atomic E-state index is 0.552. The van der Waals surface area contributed by atoms with Gasteiger partial charge >= 0.3 is 0 Å². The van der Waals surface area contributed by atoms with Gasteiger partial charge in [0.05, 0.1) is 12.3 Å². The van der Waals surface area contributed by atoms with Crippen molar-refractivity contribution in [3.8, 4) is 5.75 Å². The van der Waals surface area contributed by atoms with Gasteiger partial charge in [0, 0.05) is 12.2 Å². The van der Waals surface area contributed by atoms with Gasteiger partial charge in [0.15, 0.2) is 0 Å². The monoisotopic (exact) mass is 263 g/mol. The van der Waals surface area contributed by atoms with Crippen molar-refractivity contribution in [3.63, 3.8) is 0 Å². The molecule has 0 unspecified atom stereocenters. The molecule has 0 saturated heterocycles. The van der Waals surface area contributed by atoms with Crippen LogP contribution >= 0.6 is 0 Å². The van der Waals surface area contributed by atoms with E-state index >= 15 is 0 Å². The van der Waals surface area contributed by atoms with Crippen LogP contribution in [0.4, 0.5) is 0 Å². The molecule has 4 heteroatoms. The van der Waals surface area contributed by atoms with Crippen molar-refractivity contribution in [1.82, 2.24) is 0 Å². The van der Waals surface area contributed by atoms with E-state index < -0.39 is 0 Å². The number of fused-ring (bicyclic) bond motifs is 1. The first kappa shape index (κ1) is 13.9. The standard InChI is InChI=1S/C15H21NO3/c1-11(2)10-18-7-8-19-13-4-5-14-12(9-13)3-6-15(14)16-17/h4-5,9,11,17H,3,6-8,10H2,1-2H3/b16-15+. The summed E-state index contributed by atoms with van der Waals surface area (Å²) in [5, 5.41) is 12.2. The number of hydrogen-bond donors (Lipinski definition) is 1. The van der Waals surface area contributed by atoms with Gasteiger partial charge in [-0.25, -0.2) is 0 Å². The van der Waals surface area contributed by atoms with Gasteiger partial charge in [0.2, 0.25) is 0 Å². The summed E-state index contributed by atoms with van der Waals surface area (Å²) in [4.78, 5) is 0. The van der Waals surface area contributed by atoms with Crippen LogP contribution in [-0.4, -0.2) is 30.7 Å². The van der Waals surface area contributed by atoms with Gasteiger partial charge in [-0.3, -0.25) is 0 Å². The Bertz CT molecular complexity index is 455. The van der Waals surface area contributed by atoms with Crippen LogP contribution in [0.5, 0.6) is 5.75 Å². The van der Waals surface area contributed by atoms with Crippen LogP contribution in [0.25, 0.3) is 0 Å². The van der Waals surface area contributed by atoms with E-state index in [0.717, 1.165) is 36.5 Å². The fourth-order valence-corrected chi connectivity index (χ4v) is 2.18. The van der Waals surface area contributed by atoms with Crippen LogP contribution in [-0.2, 0) is 11.2 Å². The lowest BCUT2D eigenvalue weighted by atomic mass is 10.1. The van der Waals surface area contributed by atoms with Gasteiger partial charge < -0.3 is 14.7 Å². The zero-order valence-electron chi connectivity index (χ0n) is 11.6. The normalized spacial score (nSPS) is 16.1. The van der Waals surface area contributed by atoms with E-state index in [0.29, 0.717) is 19.1 Å². The third kappa shape index (κ3) is 3.70. The van der Waals surface area contributed by atoms with Crippen LogP contribution < -0.4 is 4.74 Å². The average molecular weight is 263 g/mol. The second-order valence-electron chi connectivity index (χ2n) is 5.18. The summed E-state index contributed by atoms with van der Waals surface area (Å²) in [5.41, 5.74) is 2.99. The molecule has 0 saturated carbocycles. The molecule has 19 heavy (non-hydrogen) atoms. The minimum absolute atomic E-state index is 0.552. The third-order valence-corrected chi connectivity index (χ3v) is 3.09. The molecule has 4 nitrogen and oxygen atoms in total. The number of rotatable bonds is 6. The molecular formula is C15H21NO3. The Labute approximate surface area is 114 Å². The van der Waals surface area contributed by atoms with E-state index in [2.05, 4.69) is 19.0 Å². The highest BCUT2D eigenvalue weighted by Crippen LogP contribution is 2.26. The molecule has 0 aliphatic heterocycles. The Hall–Kier alpha value is -1.55. The molecule has 104 valence electrons. The van der Waals surface area contributed by atoms with Crippen LogP contribution in [0.15, 0.2) is 23.4 Å². The Morgan fingerprint density at radius 1 is 1.26 bits per heavy atom. The van der Waals surface area contributed by atoms with Gasteiger partial charge in [0.1, 0.15) is 12.4 Å². The number of aryl methyl sites for hydroxylation is 1. The van der Waals surface area contributed by atoms with E-state index in [1.807, 2.05) is 18.2 Å². The minimum Gasteiger partial charge on any atom is -0.491 e.